The predicted octanol–water partition coefficient (Wildman–Crippen LogP) is -1.66. The number of hydrogen-bond donors (Lipinski definition) is 3. The van der Waals surface area contributed by atoms with Gasteiger partial charge in [-0.25, -0.2) is 9.18 Å². The fraction of sp³-hybridized carbons (Fsp3) is 0.778. The fourth-order valence-electron chi connectivity index (χ4n) is 1.90. The molecule has 2 heterocycles. The summed E-state index contributed by atoms with van der Waals surface area (Å²) in [6.45, 7) is 1.03. The van der Waals surface area contributed by atoms with Crippen molar-refractivity contribution in [2.75, 3.05) is 6.54 Å². The van der Waals surface area contributed by atoms with Gasteiger partial charge in [0, 0.05) is 0 Å². The summed E-state index contributed by atoms with van der Waals surface area (Å²) in [6.07, 6.45) is -6.15. The largest absolute Gasteiger partial charge is 0.388 e. The summed E-state index contributed by atoms with van der Waals surface area (Å²) in [4.78, 5) is 23.2. The van der Waals surface area contributed by atoms with Crippen molar-refractivity contribution in [1.82, 2.24) is 10.2 Å². The summed E-state index contributed by atoms with van der Waals surface area (Å²) in [7, 11) is 0. The number of carbonyl (C=O) groups is 2. The third-order valence-corrected chi connectivity index (χ3v) is 2.92. The molecule has 2 saturated heterocycles. The molecular formula is C9H13FN2O5. The second-order valence-corrected chi connectivity index (χ2v) is 4.13. The molecule has 0 aliphatic carbocycles. The van der Waals surface area contributed by atoms with Crippen molar-refractivity contribution in [1.29, 1.82) is 0 Å². The molecule has 96 valence electrons. The summed E-state index contributed by atoms with van der Waals surface area (Å²) >= 11 is 0. The van der Waals surface area contributed by atoms with Crippen LogP contribution in [0.15, 0.2) is 0 Å². The molecular weight excluding hydrogens is 235 g/mol. The lowest BCUT2D eigenvalue weighted by Gasteiger charge is -2.34. The lowest BCUT2D eigenvalue weighted by atomic mass is 10.1. The molecule has 0 aromatic heterocycles. The Bertz CT molecular complexity index is 352. The molecule has 0 saturated carbocycles. The highest BCUT2D eigenvalue weighted by Crippen LogP contribution is 2.25. The van der Waals surface area contributed by atoms with Crippen LogP contribution < -0.4 is 5.32 Å². The molecule has 3 N–H and O–H groups in total. The average Bonchev–Trinajstić information content (AvgIpc) is 2.51. The monoisotopic (exact) mass is 248 g/mol. The Morgan fingerprint density at radius 3 is 2.59 bits per heavy atom. The number of ether oxygens (including phenoxy) is 1. The number of carbonyl (C=O) groups excluding carboxylic acids is 2. The highest BCUT2D eigenvalue weighted by molar-refractivity contribution is 5.99. The standard InChI is InChI=1S/C9H13FN2O5/c1-3-5(13)6(14)8(17-3)12-2-4(10)7(15)11-9(12)16/h3-6,8,13-14H,2H2,1H3,(H,11,15,16)/t3-,4?,5-,6-,8-/m0/s1. The van der Waals surface area contributed by atoms with E-state index in [1.165, 1.54) is 6.92 Å². The van der Waals surface area contributed by atoms with Crippen LogP contribution in [0.1, 0.15) is 6.92 Å². The van der Waals surface area contributed by atoms with Gasteiger partial charge in [0.05, 0.1) is 12.6 Å². The summed E-state index contributed by atoms with van der Waals surface area (Å²) in [5.74, 6) is -1.01. The van der Waals surface area contributed by atoms with E-state index in [4.69, 9.17) is 4.74 Å². The van der Waals surface area contributed by atoms with Gasteiger partial charge in [-0.3, -0.25) is 15.0 Å². The minimum Gasteiger partial charge on any atom is -0.388 e. The van der Waals surface area contributed by atoms with Crippen molar-refractivity contribution in [3.05, 3.63) is 0 Å². The zero-order valence-electron chi connectivity index (χ0n) is 9.04. The van der Waals surface area contributed by atoms with Crippen molar-refractivity contribution in [2.24, 2.45) is 0 Å². The van der Waals surface area contributed by atoms with Crippen molar-refractivity contribution < 1.29 is 28.9 Å². The van der Waals surface area contributed by atoms with Gasteiger partial charge >= 0.3 is 6.03 Å². The van der Waals surface area contributed by atoms with E-state index in [-0.39, 0.29) is 0 Å². The average molecular weight is 248 g/mol. The molecule has 7 nitrogen and oxygen atoms in total. The van der Waals surface area contributed by atoms with Gasteiger partial charge < -0.3 is 14.9 Å². The first kappa shape index (κ1) is 12.2. The maximum Gasteiger partial charge on any atom is 0.326 e. The molecule has 0 radical (unpaired) electrons. The van der Waals surface area contributed by atoms with Crippen LogP contribution in [-0.4, -0.2) is 64.3 Å². The molecule has 0 aromatic rings. The Labute approximate surface area is 96.1 Å². The van der Waals surface area contributed by atoms with Crippen LogP contribution in [0.5, 0.6) is 0 Å². The van der Waals surface area contributed by atoms with Gasteiger partial charge in [0.25, 0.3) is 5.91 Å². The highest BCUT2D eigenvalue weighted by atomic mass is 19.1. The van der Waals surface area contributed by atoms with Crippen molar-refractivity contribution in [3.8, 4) is 0 Å². The quantitative estimate of drug-likeness (QED) is 0.516. The summed E-state index contributed by atoms with van der Waals surface area (Å²) < 4.78 is 18.3. The number of nitrogens with one attached hydrogen (secondary N) is 1. The molecule has 3 amide bonds. The van der Waals surface area contributed by atoms with E-state index in [1.54, 1.807) is 5.32 Å². The molecule has 2 aliphatic rings. The van der Waals surface area contributed by atoms with Gasteiger partial charge in [0.15, 0.2) is 12.4 Å². The van der Waals surface area contributed by atoms with E-state index < -0.39 is 49.2 Å². The number of imide groups is 1. The molecule has 17 heavy (non-hydrogen) atoms. The number of amides is 3. The molecule has 2 aliphatic heterocycles. The smallest absolute Gasteiger partial charge is 0.326 e. The van der Waals surface area contributed by atoms with Gasteiger partial charge in [0.1, 0.15) is 12.2 Å². The van der Waals surface area contributed by atoms with E-state index in [1.807, 2.05) is 0 Å². The Hall–Kier alpha value is -1.25. The van der Waals surface area contributed by atoms with E-state index in [9.17, 15) is 24.2 Å². The number of nitrogens with zero attached hydrogens (tertiary/aromatic N) is 1. The SMILES string of the molecule is C[C@@H]1O[C@H](N2CC(F)C(=O)NC2=O)[C@@H](O)[C@H]1O. The van der Waals surface area contributed by atoms with E-state index in [2.05, 4.69) is 0 Å². The van der Waals surface area contributed by atoms with Crippen LogP contribution in [0.25, 0.3) is 0 Å². The van der Waals surface area contributed by atoms with Crippen LogP contribution in [0.2, 0.25) is 0 Å². The topological polar surface area (TPSA) is 99.1 Å². The van der Waals surface area contributed by atoms with Crippen molar-refractivity contribution in [2.45, 2.75) is 37.6 Å². The normalized spacial score (nSPS) is 42.8. The molecule has 0 bridgehead atoms. The highest BCUT2D eigenvalue weighted by Gasteiger charge is 2.47. The second kappa shape index (κ2) is 4.21. The molecule has 2 fully saturated rings. The van der Waals surface area contributed by atoms with Gasteiger partial charge in [-0.2, -0.15) is 0 Å². The van der Waals surface area contributed by atoms with Crippen molar-refractivity contribution >= 4 is 11.9 Å². The summed E-state index contributed by atoms with van der Waals surface area (Å²) in [5.41, 5.74) is 0. The number of alkyl halides is 1. The van der Waals surface area contributed by atoms with Gasteiger partial charge in [0.2, 0.25) is 0 Å². The Kier molecular flexibility index (Phi) is 3.02. The Balaban J connectivity index is 2.12. The first-order chi connectivity index (χ1) is 7.91. The maximum absolute atomic E-state index is 13.2. The lowest BCUT2D eigenvalue weighted by molar-refractivity contribution is -0.131. The van der Waals surface area contributed by atoms with Crippen LogP contribution in [0, 0.1) is 0 Å². The molecule has 0 spiro atoms. The first-order valence-electron chi connectivity index (χ1n) is 5.19. The lowest BCUT2D eigenvalue weighted by Crippen LogP contribution is -2.60. The second-order valence-electron chi connectivity index (χ2n) is 4.13. The molecule has 8 heteroatoms. The first-order valence-corrected chi connectivity index (χ1v) is 5.19. The number of rotatable bonds is 1. The number of urea groups is 1. The Morgan fingerprint density at radius 2 is 2.06 bits per heavy atom. The minimum absolute atomic E-state index is 0.494. The Morgan fingerprint density at radius 1 is 1.41 bits per heavy atom. The summed E-state index contributed by atoms with van der Waals surface area (Å²) in [5, 5.41) is 20.9. The van der Waals surface area contributed by atoms with E-state index >= 15 is 0 Å². The third-order valence-electron chi connectivity index (χ3n) is 2.92. The molecule has 2 rings (SSSR count). The fourth-order valence-corrected chi connectivity index (χ4v) is 1.90. The minimum atomic E-state index is -1.86. The van der Waals surface area contributed by atoms with Crippen LogP contribution >= 0.6 is 0 Å². The van der Waals surface area contributed by atoms with E-state index in [0.717, 1.165) is 4.90 Å². The number of aliphatic hydroxyl groups is 2. The molecule has 0 aromatic carbocycles. The number of halogens is 1. The van der Waals surface area contributed by atoms with Crippen LogP contribution in [0.3, 0.4) is 0 Å². The molecule has 1 unspecified atom stereocenters. The van der Waals surface area contributed by atoms with Gasteiger partial charge in [-0.05, 0) is 6.92 Å². The zero-order chi connectivity index (χ0) is 12.7. The van der Waals surface area contributed by atoms with Gasteiger partial charge in [-0.1, -0.05) is 0 Å². The third kappa shape index (κ3) is 1.99. The summed E-state index contributed by atoms with van der Waals surface area (Å²) in [6, 6.07) is -0.839. The number of aliphatic hydroxyl groups excluding tert-OH is 2. The number of hydrogen-bond acceptors (Lipinski definition) is 5. The van der Waals surface area contributed by atoms with Crippen molar-refractivity contribution in [3.63, 3.8) is 0 Å². The molecule has 5 atom stereocenters. The van der Waals surface area contributed by atoms with Crippen LogP contribution in [0.4, 0.5) is 9.18 Å². The van der Waals surface area contributed by atoms with Crippen LogP contribution in [-0.2, 0) is 9.53 Å². The van der Waals surface area contributed by atoms with E-state index in [0.29, 0.717) is 0 Å². The predicted molar refractivity (Wildman–Crippen MR) is 51.5 cm³/mol. The maximum atomic E-state index is 13.2. The van der Waals surface area contributed by atoms with Gasteiger partial charge in [-0.15, -0.1) is 0 Å². The zero-order valence-corrected chi connectivity index (χ0v) is 9.04.